The van der Waals surface area contributed by atoms with Gasteiger partial charge >= 0.3 is 0 Å². The number of rotatable bonds is 5. The third kappa shape index (κ3) is 3.19. The van der Waals surface area contributed by atoms with Gasteiger partial charge in [0.1, 0.15) is 18.1 Å². The molecule has 2 aromatic rings. The Hall–Kier alpha value is -2.00. The first kappa shape index (κ1) is 14.0. The summed E-state index contributed by atoms with van der Waals surface area (Å²) in [6.45, 7) is 3.84. The highest BCUT2D eigenvalue weighted by Gasteiger charge is 2.23. The van der Waals surface area contributed by atoms with E-state index in [1.54, 1.807) is 12.1 Å². The number of ether oxygens (including phenoxy) is 1. The molecule has 0 amide bonds. The molecule has 21 heavy (non-hydrogen) atoms. The van der Waals surface area contributed by atoms with Crippen molar-refractivity contribution in [1.29, 1.82) is 0 Å². The number of phenolic OH excluding ortho intramolecular Hbond substituents is 1. The molecule has 0 spiro atoms. The number of fused-ring (bicyclic) bond motifs is 1. The van der Waals surface area contributed by atoms with Gasteiger partial charge in [0.25, 0.3) is 0 Å². The Morgan fingerprint density at radius 1 is 1.24 bits per heavy atom. The van der Waals surface area contributed by atoms with Crippen LogP contribution in [0.15, 0.2) is 48.5 Å². The highest BCUT2D eigenvalue weighted by atomic mass is 16.5. The van der Waals surface area contributed by atoms with Gasteiger partial charge in [0, 0.05) is 11.6 Å². The maximum Gasteiger partial charge on any atom is 0.127 e. The minimum atomic E-state index is 0.226. The van der Waals surface area contributed by atoms with E-state index in [4.69, 9.17) is 4.74 Å². The Bertz CT molecular complexity index is 597. The first-order valence-corrected chi connectivity index (χ1v) is 7.48. The van der Waals surface area contributed by atoms with Crippen LogP contribution in [0.25, 0.3) is 0 Å². The van der Waals surface area contributed by atoms with E-state index in [1.807, 2.05) is 6.07 Å². The monoisotopic (exact) mass is 283 g/mol. The van der Waals surface area contributed by atoms with Crippen molar-refractivity contribution < 1.29 is 9.84 Å². The van der Waals surface area contributed by atoms with E-state index in [0.29, 0.717) is 12.5 Å². The Labute approximate surface area is 125 Å². The zero-order chi connectivity index (χ0) is 14.7. The highest BCUT2D eigenvalue weighted by Crippen LogP contribution is 2.34. The normalized spacial score (nSPS) is 18.0. The summed E-state index contributed by atoms with van der Waals surface area (Å²) >= 11 is 0. The first-order valence-electron chi connectivity index (χ1n) is 7.48. The van der Waals surface area contributed by atoms with Gasteiger partial charge in [-0.1, -0.05) is 37.3 Å². The van der Waals surface area contributed by atoms with Gasteiger partial charge in [-0.05, 0) is 36.6 Å². The number of benzene rings is 2. The van der Waals surface area contributed by atoms with Crippen LogP contribution in [0.3, 0.4) is 0 Å². The predicted molar refractivity (Wildman–Crippen MR) is 83.8 cm³/mol. The van der Waals surface area contributed by atoms with Crippen LogP contribution in [0.2, 0.25) is 0 Å². The molecule has 0 saturated carbocycles. The molecule has 110 valence electrons. The lowest BCUT2D eigenvalue weighted by Crippen LogP contribution is -2.24. The van der Waals surface area contributed by atoms with Gasteiger partial charge in [-0.3, -0.25) is 0 Å². The molecule has 2 N–H and O–H groups in total. The van der Waals surface area contributed by atoms with Crippen LogP contribution in [0.5, 0.6) is 11.5 Å². The number of nitrogens with one attached hydrogen (secondary N) is 1. The molecular formula is C18H21NO2. The van der Waals surface area contributed by atoms with Crippen molar-refractivity contribution in [2.45, 2.75) is 25.3 Å². The van der Waals surface area contributed by atoms with E-state index in [2.05, 4.69) is 42.6 Å². The molecule has 0 saturated heterocycles. The van der Waals surface area contributed by atoms with Crippen LogP contribution >= 0.6 is 0 Å². The lowest BCUT2D eigenvalue weighted by atomic mass is 9.97. The van der Waals surface area contributed by atoms with Crippen molar-refractivity contribution in [3.8, 4) is 11.5 Å². The zero-order valence-electron chi connectivity index (χ0n) is 12.3. The van der Waals surface area contributed by atoms with Crippen LogP contribution in [0.4, 0.5) is 0 Å². The average molecular weight is 283 g/mol. The maximum atomic E-state index is 9.46. The second-order valence-electron chi connectivity index (χ2n) is 5.64. The van der Waals surface area contributed by atoms with Crippen LogP contribution < -0.4 is 10.1 Å². The van der Waals surface area contributed by atoms with Crippen molar-refractivity contribution in [2.24, 2.45) is 0 Å². The van der Waals surface area contributed by atoms with Gasteiger partial charge in [-0.2, -0.15) is 0 Å². The lowest BCUT2D eigenvalue weighted by Gasteiger charge is -2.15. The largest absolute Gasteiger partial charge is 0.508 e. The van der Waals surface area contributed by atoms with Crippen LogP contribution in [-0.4, -0.2) is 18.3 Å². The van der Waals surface area contributed by atoms with E-state index in [0.717, 1.165) is 24.3 Å². The van der Waals surface area contributed by atoms with E-state index >= 15 is 0 Å². The van der Waals surface area contributed by atoms with Gasteiger partial charge in [0.2, 0.25) is 0 Å². The molecule has 2 unspecified atom stereocenters. The van der Waals surface area contributed by atoms with Crippen LogP contribution in [-0.2, 0) is 0 Å². The number of hydrogen-bond acceptors (Lipinski definition) is 3. The molecule has 0 bridgehead atoms. The predicted octanol–water partition coefficient (Wildman–Crippen LogP) is 3.61. The second kappa shape index (κ2) is 6.19. The van der Waals surface area contributed by atoms with Crippen molar-refractivity contribution in [2.75, 3.05) is 13.2 Å². The summed E-state index contributed by atoms with van der Waals surface area (Å²) in [6.07, 6.45) is 1.09. The fourth-order valence-electron chi connectivity index (χ4n) is 2.79. The molecule has 0 aromatic heterocycles. The van der Waals surface area contributed by atoms with E-state index in [9.17, 15) is 5.11 Å². The van der Waals surface area contributed by atoms with Crippen molar-refractivity contribution >= 4 is 0 Å². The molecule has 0 aliphatic carbocycles. The van der Waals surface area contributed by atoms with Gasteiger partial charge in [0.05, 0.1) is 6.04 Å². The lowest BCUT2D eigenvalue weighted by molar-refractivity contribution is 0.309. The van der Waals surface area contributed by atoms with Gasteiger partial charge < -0.3 is 15.2 Å². The number of phenols is 1. The standard InChI is InChI=1S/C18H21NO2/c1-13(14-5-3-2-4-6-14)9-10-19-17-12-21-18-11-15(20)7-8-16(17)18/h2-8,11,13,17,19-20H,9-10,12H2,1H3. The molecule has 3 heteroatoms. The van der Waals surface area contributed by atoms with Crippen LogP contribution in [0, 0.1) is 0 Å². The SMILES string of the molecule is CC(CCNC1COc2cc(O)ccc21)c1ccccc1. The molecule has 0 fully saturated rings. The molecule has 1 aliphatic heterocycles. The molecule has 0 radical (unpaired) electrons. The molecule has 3 nitrogen and oxygen atoms in total. The van der Waals surface area contributed by atoms with E-state index in [-0.39, 0.29) is 11.8 Å². The summed E-state index contributed by atoms with van der Waals surface area (Å²) in [5, 5.41) is 13.0. The summed E-state index contributed by atoms with van der Waals surface area (Å²) in [4.78, 5) is 0. The molecular weight excluding hydrogens is 262 g/mol. The summed E-state index contributed by atoms with van der Waals surface area (Å²) in [6, 6.07) is 16.2. The number of hydrogen-bond donors (Lipinski definition) is 2. The number of aromatic hydroxyl groups is 1. The summed E-state index contributed by atoms with van der Waals surface area (Å²) in [5.74, 6) is 1.59. The van der Waals surface area contributed by atoms with Gasteiger partial charge in [-0.15, -0.1) is 0 Å². The van der Waals surface area contributed by atoms with E-state index < -0.39 is 0 Å². The Kier molecular flexibility index (Phi) is 4.11. The Morgan fingerprint density at radius 3 is 2.86 bits per heavy atom. The van der Waals surface area contributed by atoms with Crippen molar-refractivity contribution in [3.05, 3.63) is 59.7 Å². The quantitative estimate of drug-likeness (QED) is 0.881. The fraction of sp³-hybridized carbons (Fsp3) is 0.333. The highest BCUT2D eigenvalue weighted by molar-refractivity contribution is 5.44. The van der Waals surface area contributed by atoms with Gasteiger partial charge in [-0.25, -0.2) is 0 Å². The zero-order valence-corrected chi connectivity index (χ0v) is 12.3. The fourth-order valence-corrected chi connectivity index (χ4v) is 2.79. The average Bonchev–Trinajstić information content (AvgIpc) is 2.90. The smallest absolute Gasteiger partial charge is 0.127 e. The third-order valence-electron chi connectivity index (χ3n) is 4.11. The maximum absolute atomic E-state index is 9.46. The van der Waals surface area contributed by atoms with Crippen molar-refractivity contribution in [3.63, 3.8) is 0 Å². The van der Waals surface area contributed by atoms with Crippen LogP contribution in [0.1, 0.15) is 36.4 Å². The van der Waals surface area contributed by atoms with Crippen molar-refractivity contribution in [1.82, 2.24) is 5.32 Å². The summed E-state index contributed by atoms with van der Waals surface area (Å²) < 4.78 is 5.61. The topological polar surface area (TPSA) is 41.5 Å². The molecule has 1 heterocycles. The Morgan fingerprint density at radius 2 is 2.05 bits per heavy atom. The molecule has 3 rings (SSSR count). The third-order valence-corrected chi connectivity index (χ3v) is 4.11. The summed E-state index contributed by atoms with van der Waals surface area (Å²) in [7, 11) is 0. The molecule has 2 aromatic carbocycles. The van der Waals surface area contributed by atoms with E-state index in [1.165, 1.54) is 5.56 Å². The minimum Gasteiger partial charge on any atom is -0.508 e. The van der Waals surface area contributed by atoms with Gasteiger partial charge in [0.15, 0.2) is 0 Å². The Balaban J connectivity index is 1.53. The second-order valence-corrected chi connectivity index (χ2v) is 5.64. The first-order chi connectivity index (χ1) is 10.2. The molecule has 2 atom stereocenters. The molecule has 1 aliphatic rings. The summed E-state index contributed by atoms with van der Waals surface area (Å²) in [5.41, 5.74) is 2.52. The minimum absolute atomic E-state index is 0.226.